The Morgan fingerprint density at radius 3 is 2.67 bits per heavy atom. The van der Waals surface area contributed by atoms with Crippen molar-refractivity contribution in [3.05, 3.63) is 52.8 Å². The van der Waals surface area contributed by atoms with Gasteiger partial charge in [0.15, 0.2) is 5.65 Å². The molecular weight excluding hydrogens is 292 g/mol. The van der Waals surface area contributed by atoms with Crippen molar-refractivity contribution in [1.82, 2.24) is 14.6 Å². The second-order valence-electron chi connectivity index (χ2n) is 4.53. The van der Waals surface area contributed by atoms with Crippen LogP contribution in [-0.2, 0) is 0 Å². The molecule has 0 aliphatic carbocycles. The first-order valence-electron chi connectivity index (χ1n) is 6.16. The Kier molecular flexibility index (Phi) is 3.23. The molecule has 0 aliphatic heterocycles. The number of nitrogens with zero attached hydrogens (tertiary/aromatic N) is 3. The summed E-state index contributed by atoms with van der Waals surface area (Å²) in [5.74, 6) is -0.306. The molecule has 106 valence electrons. The lowest BCUT2D eigenvalue weighted by atomic mass is 10.2. The van der Waals surface area contributed by atoms with Gasteiger partial charge in [-0.1, -0.05) is 11.6 Å². The van der Waals surface area contributed by atoms with Gasteiger partial charge >= 0.3 is 5.97 Å². The first-order chi connectivity index (χ1) is 10.0. The standard InChI is InChI=1S/C14H11ClN4O2/c1-8-6-12-17-11(15)7-13(19(12)18-8)16-10-4-2-9(3-5-10)14(20)21/h2-7,16H,1H3,(H,20,21). The molecule has 1 aromatic carbocycles. The van der Waals surface area contributed by atoms with Crippen molar-refractivity contribution in [3.8, 4) is 0 Å². The Morgan fingerprint density at radius 1 is 1.29 bits per heavy atom. The van der Waals surface area contributed by atoms with Gasteiger partial charge in [0.25, 0.3) is 0 Å². The number of hydrogen-bond acceptors (Lipinski definition) is 4. The third-order valence-electron chi connectivity index (χ3n) is 2.92. The molecule has 0 saturated carbocycles. The number of aromatic carboxylic acids is 1. The quantitative estimate of drug-likeness (QED) is 0.727. The lowest BCUT2D eigenvalue weighted by Gasteiger charge is -2.09. The van der Waals surface area contributed by atoms with Crippen LogP contribution in [0.1, 0.15) is 16.1 Å². The molecule has 0 unspecified atom stereocenters. The van der Waals surface area contributed by atoms with Gasteiger partial charge < -0.3 is 10.4 Å². The maximum absolute atomic E-state index is 10.8. The van der Waals surface area contributed by atoms with Gasteiger partial charge in [0, 0.05) is 17.8 Å². The van der Waals surface area contributed by atoms with E-state index in [2.05, 4.69) is 15.4 Å². The second kappa shape index (κ2) is 5.06. The molecule has 0 saturated heterocycles. The van der Waals surface area contributed by atoms with Crippen LogP contribution in [0.3, 0.4) is 0 Å². The first-order valence-corrected chi connectivity index (χ1v) is 6.54. The van der Waals surface area contributed by atoms with E-state index in [9.17, 15) is 4.79 Å². The van der Waals surface area contributed by atoms with Gasteiger partial charge in [-0.3, -0.25) is 0 Å². The highest BCUT2D eigenvalue weighted by Crippen LogP contribution is 2.21. The summed E-state index contributed by atoms with van der Waals surface area (Å²) in [5.41, 5.74) is 2.43. The number of anilines is 2. The fourth-order valence-electron chi connectivity index (χ4n) is 1.99. The van der Waals surface area contributed by atoms with Crippen molar-refractivity contribution in [3.63, 3.8) is 0 Å². The molecule has 0 amide bonds. The SMILES string of the molecule is Cc1cc2nc(Cl)cc(Nc3ccc(C(=O)O)cc3)n2n1. The van der Waals surface area contributed by atoms with Crippen LogP contribution in [0.15, 0.2) is 36.4 Å². The van der Waals surface area contributed by atoms with Crippen molar-refractivity contribution in [2.75, 3.05) is 5.32 Å². The molecule has 0 aliphatic rings. The molecule has 2 heterocycles. The lowest BCUT2D eigenvalue weighted by Crippen LogP contribution is -2.02. The second-order valence-corrected chi connectivity index (χ2v) is 4.91. The third kappa shape index (κ3) is 2.66. The summed E-state index contributed by atoms with van der Waals surface area (Å²) in [6.07, 6.45) is 0. The summed E-state index contributed by atoms with van der Waals surface area (Å²) in [7, 11) is 0. The van der Waals surface area contributed by atoms with Crippen LogP contribution in [0, 0.1) is 6.92 Å². The maximum atomic E-state index is 10.8. The zero-order valence-electron chi connectivity index (χ0n) is 11.0. The number of rotatable bonds is 3. The van der Waals surface area contributed by atoms with Crippen molar-refractivity contribution >= 4 is 34.7 Å². The van der Waals surface area contributed by atoms with Crippen LogP contribution in [0.4, 0.5) is 11.5 Å². The van der Waals surface area contributed by atoms with Crippen LogP contribution in [-0.4, -0.2) is 25.7 Å². The van der Waals surface area contributed by atoms with Crippen molar-refractivity contribution in [2.24, 2.45) is 0 Å². The fraction of sp³-hybridized carbons (Fsp3) is 0.0714. The summed E-state index contributed by atoms with van der Waals surface area (Å²) in [6.45, 7) is 1.87. The molecule has 2 aromatic heterocycles. The van der Waals surface area contributed by atoms with Crippen molar-refractivity contribution < 1.29 is 9.90 Å². The van der Waals surface area contributed by atoms with E-state index in [-0.39, 0.29) is 5.56 Å². The van der Waals surface area contributed by atoms with E-state index < -0.39 is 5.97 Å². The highest BCUT2D eigenvalue weighted by atomic mass is 35.5. The predicted octanol–water partition coefficient (Wildman–Crippen LogP) is 3.13. The minimum Gasteiger partial charge on any atom is -0.478 e. The average Bonchev–Trinajstić information content (AvgIpc) is 2.79. The number of hydrogen-bond donors (Lipinski definition) is 2. The Hall–Kier alpha value is -2.60. The van der Waals surface area contributed by atoms with Crippen molar-refractivity contribution in [1.29, 1.82) is 0 Å². The number of carbonyl (C=O) groups is 1. The first kappa shape index (κ1) is 13.4. The van der Waals surface area contributed by atoms with Crippen LogP contribution >= 0.6 is 11.6 Å². The number of carboxylic acids is 1. The summed E-state index contributed by atoms with van der Waals surface area (Å²) in [4.78, 5) is 15.0. The van der Waals surface area contributed by atoms with Gasteiger partial charge in [0.2, 0.25) is 0 Å². The monoisotopic (exact) mass is 302 g/mol. The smallest absolute Gasteiger partial charge is 0.335 e. The lowest BCUT2D eigenvalue weighted by molar-refractivity contribution is 0.0697. The van der Waals surface area contributed by atoms with Crippen LogP contribution in [0.2, 0.25) is 5.15 Å². The van der Waals surface area contributed by atoms with Gasteiger partial charge in [-0.2, -0.15) is 9.61 Å². The molecule has 0 fully saturated rings. The van der Waals surface area contributed by atoms with E-state index >= 15 is 0 Å². The molecule has 6 nitrogen and oxygen atoms in total. The number of carboxylic acid groups (broad SMARTS) is 1. The highest BCUT2D eigenvalue weighted by molar-refractivity contribution is 6.29. The van der Waals surface area contributed by atoms with Gasteiger partial charge in [-0.25, -0.2) is 9.78 Å². The van der Waals surface area contributed by atoms with Crippen molar-refractivity contribution in [2.45, 2.75) is 6.92 Å². The molecular formula is C14H11ClN4O2. The van der Waals surface area contributed by atoms with Crippen LogP contribution in [0.25, 0.3) is 5.65 Å². The van der Waals surface area contributed by atoms with E-state index in [1.54, 1.807) is 22.7 Å². The average molecular weight is 303 g/mol. The van der Waals surface area contributed by atoms with Crippen LogP contribution in [0.5, 0.6) is 0 Å². The zero-order valence-corrected chi connectivity index (χ0v) is 11.8. The third-order valence-corrected chi connectivity index (χ3v) is 3.12. The highest BCUT2D eigenvalue weighted by Gasteiger charge is 2.08. The predicted molar refractivity (Wildman–Crippen MR) is 79.4 cm³/mol. The van der Waals surface area contributed by atoms with E-state index in [0.717, 1.165) is 11.4 Å². The van der Waals surface area contributed by atoms with Gasteiger partial charge in [-0.05, 0) is 31.2 Å². The largest absolute Gasteiger partial charge is 0.478 e. The van der Waals surface area contributed by atoms with Gasteiger partial charge in [0.05, 0.1) is 11.3 Å². The Labute approximate surface area is 125 Å². The molecule has 0 radical (unpaired) electrons. The number of fused-ring (bicyclic) bond motifs is 1. The number of halogens is 1. The van der Waals surface area contributed by atoms with E-state index in [1.807, 2.05) is 13.0 Å². The van der Waals surface area contributed by atoms with E-state index in [1.165, 1.54) is 12.1 Å². The molecule has 3 rings (SSSR count). The van der Waals surface area contributed by atoms with Gasteiger partial charge in [0.1, 0.15) is 11.0 Å². The molecule has 0 spiro atoms. The fourth-order valence-corrected chi connectivity index (χ4v) is 2.18. The van der Waals surface area contributed by atoms with Gasteiger partial charge in [-0.15, -0.1) is 0 Å². The van der Waals surface area contributed by atoms with E-state index in [0.29, 0.717) is 16.6 Å². The zero-order chi connectivity index (χ0) is 15.0. The molecule has 2 N–H and O–H groups in total. The summed E-state index contributed by atoms with van der Waals surface area (Å²) in [5, 5.41) is 16.7. The van der Waals surface area contributed by atoms with Crippen LogP contribution < -0.4 is 5.32 Å². The normalized spacial score (nSPS) is 10.8. The number of nitrogens with one attached hydrogen (secondary N) is 1. The molecule has 0 bridgehead atoms. The number of aryl methyl sites for hydroxylation is 1. The molecule has 7 heteroatoms. The maximum Gasteiger partial charge on any atom is 0.335 e. The molecule has 21 heavy (non-hydrogen) atoms. The minimum atomic E-state index is -0.960. The summed E-state index contributed by atoms with van der Waals surface area (Å²) in [6, 6.07) is 9.90. The molecule has 0 atom stereocenters. The summed E-state index contributed by atoms with van der Waals surface area (Å²) < 4.78 is 1.65. The Balaban J connectivity index is 1.99. The number of benzene rings is 1. The summed E-state index contributed by atoms with van der Waals surface area (Å²) >= 11 is 6.00. The Morgan fingerprint density at radius 2 is 2.00 bits per heavy atom. The minimum absolute atomic E-state index is 0.230. The number of aromatic nitrogens is 3. The topological polar surface area (TPSA) is 79.5 Å². The Bertz CT molecular complexity index is 827. The molecule has 3 aromatic rings. The van der Waals surface area contributed by atoms with E-state index in [4.69, 9.17) is 16.7 Å².